The van der Waals surface area contributed by atoms with Crippen LogP contribution in [0, 0.1) is 0 Å². The summed E-state index contributed by atoms with van der Waals surface area (Å²) in [7, 11) is 0. The van der Waals surface area contributed by atoms with E-state index in [1.54, 1.807) is 6.92 Å². The van der Waals surface area contributed by atoms with E-state index in [0.717, 1.165) is 16.5 Å². The predicted octanol–water partition coefficient (Wildman–Crippen LogP) is 3.56. The summed E-state index contributed by atoms with van der Waals surface area (Å²) >= 11 is 0. The Labute approximate surface area is 157 Å². The summed E-state index contributed by atoms with van der Waals surface area (Å²) in [5.74, 6) is 1.93. The molecule has 0 saturated carbocycles. The number of nitrogens with one attached hydrogen (secondary N) is 1. The molecular weight excluding hydrogens is 342 g/mol. The second kappa shape index (κ2) is 7.58. The standard InChI is InChI=1S/C22H21NO4/c1-15(26-19-12-6-8-16-7-2-3-9-18(16)19)22(24)23-13-17-14-25-20-10-4-5-11-21(20)27-17/h2-12,15,17H,13-14H2,1H3,(H,23,24)/t15-,17-/m0/s1. The van der Waals surface area contributed by atoms with Crippen molar-refractivity contribution in [2.45, 2.75) is 19.1 Å². The quantitative estimate of drug-likeness (QED) is 0.753. The molecule has 1 aliphatic rings. The van der Waals surface area contributed by atoms with Crippen molar-refractivity contribution in [2.75, 3.05) is 13.2 Å². The van der Waals surface area contributed by atoms with Crippen LogP contribution in [0.25, 0.3) is 10.8 Å². The number of carbonyl (C=O) groups is 1. The van der Waals surface area contributed by atoms with E-state index in [4.69, 9.17) is 14.2 Å². The highest BCUT2D eigenvalue weighted by atomic mass is 16.6. The monoisotopic (exact) mass is 363 g/mol. The molecule has 138 valence electrons. The summed E-state index contributed by atoms with van der Waals surface area (Å²) in [5.41, 5.74) is 0. The van der Waals surface area contributed by atoms with Crippen LogP contribution in [0.1, 0.15) is 6.92 Å². The van der Waals surface area contributed by atoms with Gasteiger partial charge in [0.1, 0.15) is 18.5 Å². The van der Waals surface area contributed by atoms with E-state index in [1.165, 1.54) is 0 Å². The zero-order chi connectivity index (χ0) is 18.6. The third-order valence-corrected chi connectivity index (χ3v) is 4.49. The summed E-state index contributed by atoms with van der Waals surface area (Å²) in [6, 6.07) is 21.3. The van der Waals surface area contributed by atoms with Crippen molar-refractivity contribution in [3.63, 3.8) is 0 Å². The molecule has 0 bridgehead atoms. The van der Waals surface area contributed by atoms with Gasteiger partial charge in [0, 0.05) is 5.39 Å². The second-order valence-corrected chi connectivity index (χ2v) is 6.48. The predicted molar refractivity (Wildman–Crippen MR) is 103 cm³/mol. The number of benzene rings is 3. The minimum absolute atomic E-state index is 0.189. The molecule has 0 aromatic heterocycles. The van der Waals surface area contributed by atoms with Crippen molar-refractivity contribution >= 4 is 16.7 Å². The fourth-order valence-corrected chi connectivity index (χ4v) is 3.06. The van der Waals surface area contributed by atoms with Gasteiger partial charge in [0.15, 0.2) is 17.6 Å². The summed E-state index contributed by atoms with van der Waals surface area (Å²) in [5, 5.41) is 4.95. The molecule has 5 nitrogen and oxygen atoms in total. The molecule has 3 aromatic carbocycles. The van der Waals surface area contributed by atoms with Crippen LogP contribution in [0.15, 0.2) is 66.7 Å². The van der Waals surface area contributed by atoms with Gasteiger partial charge in [-0.1, -0.05) is 48.5 Å². The van der Waals surface area contributed by atoms with Gasteiger partial charge in [0.25, 0.3) is 5.91 Å². The maximum atomic E-state index is 12.4. The summed E-state index contributed by atoms with van der Waals surface area (Å²) in [6.45, 7) is 2.50. The SMILES string of the molecule is C[C@H](Oc1cccc2ccccc12)C(=O)NC[C@H]1COc2ccccc2O1. The Morgan fingerprint density at radius 2 is 1.81 bits per heavy atom. The van der Waals surface area contributed by atoms with E-state index in [9.17, 15) is 4.79 Å². The Kier molecular flexibility index (Phi) is 4.83. The highest BCUT2D eigenvalue weighted by Crippen LogP contribution is 2.30. The average Bonchev–Trinajstić information content (AvgIpc) is 2.72. The maximum Gasteiger partial charge on any atom is 0.260 e. The Balaban J connectivity index is 1.35. The number of fused-ring (bicyclic) bond motifs is 2. The highest BCUT2D eigenvalue weighted by molar-refractivity contribution is 5.89. The topological polar surface area (TPSA) is 56.8 Å². The molecule has 1 aliphatic heterocycles. The van der Waals surface area contributed by atoms with Crippen LogP contribution in [0.4, 0.5) is 0 Å². The first-order valence-corrected chi connectivity index (χ1v) is 9.01. The van der Waals surface area contributed by atoms with E-state index in [-0.39, 0.29) is 12.0 Å². The molecule has 2 atom stereocenters. The number of carbonyl (C=O) groups excluding carboxylic acids is 1. The first-order chi connectivity index (χ1) is 13.2. The van der Waals surface area contributed by atoms with Crippen molar-refractivity contribution in [2.24, 2.45) is 0 Å². The number of hydrogen-bond acceptors (Lipinski definition) is 4. The smallest absolute Gasteiger partial charge is 0.260 e. The van der Waals surface area contributed by atoms with Crippen molar-refractivity contribution in [1.29, 1.82) is 0 Å². The van der Waals surface area contributed by atoms with Gasteiger partial charge in [0.2, 0.25) is 0 Å². The van der Waals surface area contributed by atoms with Gasteiger partial charge in [-0.3, -0.25) is 4.79 Å². The lowest BCUT2D eigenvalue weighted by Gasteiger charge is -2.27. The van der Waals surface area contributed by atoms with E-state index >= 15 is 0 Å². The summed E-state index contributed by atoms with van der Waals surface area (Å²) in [4.78, 5) is 12.4. The van der Waals surface area contributed by atoms with Gasteiger partial charge >= 0.3 is 0 Å². The minimum Gasteiger partial charge on any atom is -0.486 e. The van der Waals surface area contributed by atoms with Gasteiger partial charge in [-0.2, -0.15) is 0 Å². The molecular formula is C22H21NO4. The Morgan fingerprint density at radius 3 is 2.70 bits per heavy atom. The van der Waals surface area contributed by atoms with Crippen molar-refractivity contribution in [1.82, 2.24) is 5.32 Å². The third kappa shape index (κ3) is 3.82. The Bertz CT molecular complexity index is 950. The average molecular weight is 363 g/mol. The highest BCUT2D eigenvalue weighted by Gasteiger charge is 2.23. The lowest BCUT2D eigenvalue weighted by Crippen LogP contribution is -2.44. The lowest BCUT2D eigenvalue weighted by atomic mass is 10.1. The molecule has 0 aliphatic carbocycles. The van der Waals surface area contributed by atoms with Crippen LogP contribution in [-0.2, 0) is 4.79 Å². The van der Waals surface area contributed by atoms with Crippen LogP contribution < -0.4 is 19.5 Å². The number of para-hydroxylation sites is 2. The fourth-order valence-electron chi connectivity index (χ4n) is 3.06. The molecule has 1 N–H and O–H groups in total. The molecule has 1 amide bonds. The molecule has 0 radical (unpaired) electrons. The molecule has 0 spiro atoms. The number of rotatable bonds is 5. The second-order valence-electron chi connectivity index (χ2n) is 6.48. The van der Waals surface area contributed by atoms with Crippen LogP contribution in [0.5, 0.6) is 17.2 Å². The zero-order valence-electron chi connectivity index (χ0n) is 15.1. The molecule has 0 unspecified atom stereocenters. The van der Waals surface area contributed by atoms with Crippen molar-refractivity contribution in [3.8, 4) is 17.2 Å². The molecule has 0 saturated heterocycles. The molecule has 1 heterocycles. The molecule has 4 rings (SSSR count). The fraction of sp³-hybridized carbons (Fsp3) is 0.227. The molecule has 5 heteroatoms. The van der Waals surface area contributed by atoms with Gasteiger partial charge < -0.3 is 19.5 Å². The van der Waals surface area contributed by atoms with Crippen LogP contribution in [0.2, 0.25) is 0 Å². The summed E-state index contributed by atoms with van der Waals surface area (Å²) in [6.07, 6.45) is -0.846. The first kappa shape index (κ1) is 17.2. The van der Waals surface area contributed by atoms with Crippen molar-refractivity contribution in [3.05, 3.63) is 66.7 Å². The van der Waals surface area contributed by atoms with E-state index in [1.807, 2.05) is 66.7 Å². The molecule has 0 fully saturated rings. The van der Waals surface area contributed by atoms with Gasteiger partial charge in [0.05, 0.1) is 6.54 Å². The third-order valence-electron chi connectivity index (χ3n) is 4.49. The summed E-state index contributed by atoms with van der Waals surface area (Å²) < 4.78 is 17.4. The maximum absolute atomic E-state index is 12.4. The molecule has 3 aromatic rings. The normalized spacial score (nSPS) is 16.6. The van der Waals surface area contributed by atoms with Crippen LogP contribution in [0.3, 0.4) is 0 Å². The van der Waals surface area contributed by atoms with Gasteiger partial charge in [-0.15, -0.1) is 0 Å². The largest absolute Gasteiger partial charge is 0.486 e. The van der Waals surface area contributed by atoms with Crippen molar-refractivity contribution < 1.29 is 19.0 Å². The first-order valence-electron chi connectivity index (χ1n) is 9.01. The van der Waals surface area contributed by atoms with E-state index < -0.39 is 6.10 Å². The lowest BCUT2D eigenvalue weighted by molar-refractivity contribution is -0.127. The van der Waals surface area contributed by atoms with E-state index in [0.29, 0.717) is 24.7 Å². The van der Waals surface area contributed by atoms with Crippen LogP contribution in [-0.4, -0.2) is 31.3 Å². The number of ether oxygens (including phenoxy) is 3. The number of hydrogen-bond donors (Lipinski definition) is 1. The zero-order valence-corrected chi connectivity index (χ0v) is 15.1. The molecule has 27 heavy (non-hydrogen) atoms. The van der Waals surface area contributed by atoms with Crippen LogP contribution >= 0.6 is 0 Å². The Hall–Kier alpha value is -3.21. The van der Waals surface area contributed by atoms with E-state index in [2.05, 4.69) is 5.32 Å². The minimum atomic E-state index is -0.618. The number of amides is 1. The van der Waals surface area contributed by atoms with Gasteiger partial charge in [-0.05, 0) is 30.5 Å². The Morgan fingerprint density at radius 1 is 1.07 bits per heavy atom. The van der Waals surface area contributed by atoms with Gasteiger partial charge in [-0.25, -0.2) is 0 Å².